The van der Waals surface area contributed by atoms with Crippen LogP contribution in [0.5, 0.6) is 0 Å². The highest BCUT2D eigenvalue weighted by atomic mass is 15.3. The summed E-state index contributed by atoms with van der Waals surface area (Å²) < 4.78 is 2.21. The van der Waals surface area contributed by atoms with Crippen molar-refractivity contribution in [1.29, 1.82) is 0 Å². The van der Waals surface area contributed by atoms with Crippen LogP contribution in [0.15, 0.2) is 12.3 Å². The van der Waals surface area contributed by atoms with Crippen molar-refractivity contribution in [2.75, 3.05) is 19.6 Å². The zero-order chi connectivity index (χ0) is 13.8. The van der Waals surface area contributed by atoms with Crippen LogP contribution in [-0.2, 0) is 6.54 Å². The largest absolute Gasteiger partial charge is 0.330 e. The normalized spacial score (nSPS) is 22.6. The van der Waals surface area contributed by atoms with Gasteiger partial charge in [0.15, 0.2) is 0 Å². The smallest absolute Gasteiger partial charge is 0.0764 e. The Kier molecular flexibility index (Phi) is 4.73. The Hall–Kier alpha value is -0.870. The minimum atomic E-state index is 0.666. The molecule has 1 aliphatic carbocycles. The van der Waals surface area contributed by atoms with Crippen molar-refractivity contribution in [2.24, 2.45) is 11.7 Å². The van der Waals surface area contributed by atoms with Crippen molar-refractivity contribution in [3.05, 3.63) is 18.0 Å². The Balaban J connectivity index is 1.49. The van der Waals surface area contributed by atoms with Crippen LogP contribution in [0.2, 0.25) is 0 Å². The summed E-state index contributed by atoms with van der Waals surface area (Å²) in [5, 5.41) is 4.80. The molecular weight excluding hydrogens is 248 g/mol. The van der Waals surface area contributed by atoms with Gasteiger partial charge in [-0.1, -0.05) is 12.8 Å². The first-order valence-electron chi connectivity index (χ1n) is 8.31. The quantitative estimate of drug-likeness (QED) is 0.899. The topological polar surface area (TPSA) is 47.1 Å². The summed E-state index contributed by atoms with van der Waals surface area (Å²) in [7, 11) is 0. The average Bonchev–Trinajstić information content (AvgIpc) is 3.12. The molecule has 4 nitrogen and oxygen atoms in total. The van der Waals surface area contributed by atoms with Gasteiger partial charge in [0.25, 0.3) is 0 Å². The maximum Gasteiger partial charge on any atom is 0.0764 e. The molecular formula is C16H28N4. The highest BCUT2D eigenvalue weighted by Gasteiger charge is 2.21. The van der Waals surface area contributed by atoms with E-state index in [1.165, 1.54) is 63.7 Å². The van der Waals surface area contributed by atoms with E-state index in [-0.39, 0.29) is 0 Å². The number of nitrogens with two attached hydrogens (primary N) is 1. The summed E-state index contributed by atoms with van der Waals surface area (Å²) in [5.41, 5.74) is 6.90. The number of nitrogens with zero attached hydrogens (tertiary/aromatic N) is 3. The summed E-state index contributed by atoms with van der Waals surface area (Å²) in [4.78, 5) is 2.55. The molecule has 1 saturated heterocycles. The SMILES string of the molecule is NCCC1CCN(Cc2ccn(C3CCCC3)n2)CC1. The summed E-state index contributed by atoms with van der Waals surface area (Å²) in [6.07, 6.45) is 11.4. The van der Waals surface area contributed by atoms with Crippen LogP contribution in [0.3, 0.4) is 0 Å². The maximum atomic E-state index is 5.65. The van der Waals surface area contributed by atoms with E-state index in [0.717, 1.165) is 19.0 Å². The van der Waals surface area contributed by atoms with Crippen LogP contribution >= 0.6 is 0 Å². The van der Waals surface area contributed by atoms with Gasteiger partial charge >= 0.3 is 0 Å². The van der Waals surface area contributed by atoms with Gasteiger partial charge in [0.2, 0.25) is 0 Å². The minimum absolute atomic E-state index is 0.666. The number of hydrogen-bond acceptors (Lipinski definition) is 3. The fourth-order valence-corrected chi connectivity index (χ4v) is 3.73. The van der Waals surface area contributed by atoms with Crippen molar-refractivity contribution >= 4 is 0 Å². The molecule has 0 atom stereocenters. The molecule has 0 unspecified atom stereocenters. The number of hydrogen-bond donors (Lipinski definition) is 1. The van der Waals surface area contributed by atoms with E-state index in [1.807, 2.05) is 0 Å². The molecule has 1 aromatic heterocycles. The minimum Gasteiger partial charge on any atom is -0.330 e. The van der Waals surface area contributed by atoms with Crippen molar-refractivity contribution in [1.82, 2.24) is 14.7 Å². The lowest BCUT2D eigenvalue weighted by atomic mass is 9.93. The Morgan fingerprint density at radius 3 is 2.60 bits per heavy atom. The average molecular weight is 276 g/mol. The van der Waals surface area contributed by atoms with Gasteiger partial charge in [-0.05, 0) is 63.7 Å². The number of piperidine rings is 1. The first-order valence-corrected chi connectivity index (χ1v) is 8.31. The van der Waals surface area contributed by atoms with Crippen molar-refractivity contribution in [3.8, 4) is 0 Å². The second kappa shape index (κ2) is 6.72. The second-order valence-electron chi connectivity index (χ2n) is 6.52. The van der Waals surface area contributed by atoms with Gasteiger partial charge in [0.1, 0.15) is 0 Å². The Bertz CT molecular complexity index is 400. The van der Waals surface area contributed by atoms with Crippen LogP contribution in [0.25, 0.3) is 0 Å². The number of aromatic nitrogens is 2. The molecule has 0 amide bonds. The van der Waals surface area contributed by atoms with E-state index in [0.29, 0.717) is 6.04 Å². The molecule has 20 heavy (non-hydrogen) atoms. The predicted molar refractivity (Wildman–Crippen MR) is 81.4 cm³/mol. The zero-order valence-corrected chi connectivity index (χ0v) is 12.5. The zero-order valence-electron chi connectivity index (χ0n) is 12.5. The lowest BCUT2D eigenvalue weighted by Crippen LogP contribution is -2.34. The molecule has 0 radical (unpaired) electrons. The Morgan fingerprint density at radius 2 is 1.90 bits per heavy atom. The molecule has 112 valence electrons. The van der Waals surface area contributed by atoms with E-state index < -0.39 is 0 Å². The summed E-state index contributed by atoms with van der Waals surface area (Å²) >= 11 is 0. The van der Waals surface area contributed by atoms with E-state index >= 15 is 0 Å². The van der Waals surface area contributed by atoms with E-state index in [9.17, 15) is 0 Å². The first kappa shape index (κ1) is 14.1. The molecule has 3 rings (SSSR count). The van der Waals surface area contributed by atoms with Gasteiger partial charge in [0, 0.05) is 12.7 Å². The fraction of sp³-hybridized carbons (Fsp3) is 0.812. The maximum absolute atomic E-state index is 5.65. The summed E-state index contributed by atoms with van der Waals surface area (Å²) in [6, 6.07) is 2.88. The first-order chi connectivity index (χ1) is 9.85. The molecule has 0 spiro atoms. The molecule has 4 heteroatoms. The second-order valence-corrected chi connectivity index (χ2v) is 6.52. The third kappa shape index (κ3) is 3.41. The molecule has 0 bridgehead atoms. The van der Waals surface area contributed by atoms with Crippen LogP contribution in [-0.4, -0.2) is 34.3 Å². The van der Waals surface area contributed by atoms with Gasteiger partial charge in [-0.2, -0.15) is 5.10 Å². The van der Waals surface area contributed by atoms with Crippen LogP contribution in [0.1, 0.15) is 56.7 Å². The highest BCUT2D eigenvalue weighted by Crippen LogP contribution is 2.29. The molecule has 1 aliphatic heterocycles. The van der Waals surface area contributed by atoms with Crippen molar-refractivity contribution in [2.45, 2.75) is 57.5 Å². The molecule has 2 N–H and O–H groups in total. The lowest BCUT2D eigenvalue weighted by molar-refractivity contribution is 0.171. The summed E-state index contributed by atoms with van der Waals surface area (Å²) in [5.74, 6) is 0.854. The van der Waals surface area contributed by atoms with E-state index in [1.54, 1.807) is 0 Å². The van der Waals surface area contributed by atoms with Gasteiger partial charge in [-0.3, -0.25) is 9.58 Å². The molecule has 2 heterocycles. The Labute approximate surface area is 122 Å². The summed E-state index contributed by atoms with van der Waals surface area (Å²) in [6.45, 7) is 4.29. The lowest BCUT2D eigenvalue weighted by Gasteiger charge is -2.31. The van der Waals surface area contributed by atoms with Gasteiger partial charge < -0.3 is 5.73 Å². The molecule has 1 saturated carbocycles. The van der Waals surface area contributed by atoms with Crippen molar-refractivity contribution in [3.63, 3.8) is 0 Å². The number of likely N-dealkylation sites (tertiary alicyclic amines) is 1. The van der Waals surface area contributed by atoms with Gasteiger partial charge in [0.05, 0.1) is 11.7 Å². The monoisotopic (exact) mass is 276 g/mol. The number of rotatable bonds is 5. The predicted octanol–water partition coefficient (Wildman–Crippen LogP) is 2.56. The Morgan fingerprint density at radius 1 is 1.15 bits per heavy atom. The molecule has 2 aliphatic rings. The van der Waals surface area contributed by atoms with Crippen LogP contribution in [0, 0.1) is 5.92 Å². The van der Waals surface area contributed by atoms with E-state index in [2.05, 4.69) is 21.8 Å². The van der Waals surface area contributed by atoms with E-state index in [4.69, 9.17) is 10.8 Å². The van der Waals surface area contributed by atoms with Crippen molar-refractivity contribution < 1.29 is 0 Å². The van der Waals surface area contributed by atoms with Crippen LogP contribution in [0.4, 0.5) is 0 Å². The molecule has 0 aromatic carbocycles. The van der Waals surface area contributed by atoms with Crippen LogP contribution < -0.4 is 5.73 Å². The van der Waals surface area contributed by atoms with Gasteiger partial charge in [-0.25, -0.2) is 0 Å². The molecule has 2 fully saturated rings. The highest BCUT2D eigenvalue weighted by molar-refractivity contribution is 5.00. The third-order valence-electron chi connectivity index (χ3n) is 5.03. The standard InChI is InChI=1S/C16H28N4/c17-9-5-14-6-10-19(11-7-14)13-15-8-12-20(18-15)16-3-1-2-4-16/h8,12,14,16H,1-7,9-11,13,17H2. The third-order valence-corrected chi connectivity index (χ3v) is 5.03. The molecule has 1 aromatic rings. The fourth-order valence-electron chi connectivity index (χ4n) is 3.73. The van der Waals surface area contributed by atoms with Gasteiger partial charge in [-0.15, -0.1) is 0 Å².